The molecule has 1 aromatic carbocycles. The molecule has 3 rings (SSSR count). The molecule has 1 heterocycles. The van der Waals surface area contributed by atoms with Crippen molar-refractivity contribution < 1.29 is 13.2 Å². The van der Waals surface area contributed by atoms with Crippen LogP contribution in [0.4, 0.5) is 13.2 Å². The highest BCUT2D eigenvalue weighted by Gasteiger charge is 2.64. The number of aromatic nitrogens is 1. The summed E-state index contributed by atoms with van der Waals surface area (Å²) in [5.41, 5.74) is 1.30. The summed E-state index contributed by atoms with van der Waals surface area (Å²) in [7, 11) is 0. The Hall–Kier alpha value is -2.04. The van der Waals surface area contributed by atoms with E-state index in [-0.39, 0.29) is 18.3 Å². The predicted octanol–water partition coefficient (Wildman–Crippen LogP) is 4.25. The van der Waals surface area contributed by atoms with Crippen LogP contribution in [-0.2, 0) is 5.41 Å². The monoisotopic (exact) mass is 307 g/mol. The quantitative estimate of drug-likeness (QED) is 0.884. The number of hydrogen-bond acceptors (Lipinski definition) is 1. The second-order valence-corrected chi connectivity index (χ2v) is 5.95. The van der Waals surface area contributed by atoms with E-state index >= 15 is 0 Å². The number of nitrogens with one attached hydrogen (secondary N) is 1. The minimum absolute atomic E-state index is 0.0794. The summed E-state index contributed by atoms with van der Waals surface area (Å²) in [6.45, 7) is 3.54. The molecule has 0 amide bonds. The van der Waals surface area contributed by atoms with Gasteiger partial charge in [-0.1, -0.05) is 24.3 Å². The van der Waals surface area contributed by atoms with Gasteiger partial charge in [-0.2, -0.15) is 13.2 Å². The van der Waals surface area contributed by atoms with Gasteiger partial charge < -0.3 is 4.98 Å². The molecule has 0 aliphatic heterocycles. The van der Waals surface area contributed by atoms with Crippen LogP contribution in [0.15, 0.2) is 35.1 Å². The van der Waals surface area contributed by atoms with E-state index in [4.69, 9.17) is 0 Å². The standard InChI is InChI=1S/C17H16F3NO/c1-10-11(2)21-14(9-15(10)22)12-3-5-13(6-4-12)16(7-8-16)17(18,19)20/h3-6,9H,7-8H2,1-2H3,(H,21,22). The lowest BCUT2D eigenvalue weighted by Crippen LogP contribution is -2.28. The minimum Gasteiger partial charge on any atom is -0.358 e. The maximum Gasteiger partial charge on any atom is 0.398 e. The Morgan fingerprint density at radius 2 is 1.68 bits per heavy atom. The van der Waals surface area contributed by atoms with Gasteiger partial charge in [0, 0.05) is 23.0 Å². The largest absolute Gasteiger partial charge is 0.398 e. The fourth-order valence-corrected chi connectivity index (χ4v) is 2.74. The van der Waals surface area contributed by atoms with E-state index in [9.17, 15) is 18.0 Å². The van der Waals surface area contributed by atoms with E-state index in [0.717, 1.165) is 5.69 Å². The van der Waals surface area contributed by atoms with Crippen molar-refractivity contribution in [2.75, 3.05) is 0 Å². The van der Waals surface area contributed by atoms with Crippen molar-refractivity contribution in [3.8, 4) is 11.3 Å². The third-order valence-corrected chi connectivity index (χ3v) is 4.57. The van der Waals surface area contributed by atoms with Crippen molar-refractivity contribution in [1.82, 2.24) is 4.98 Å². The van der Waals surface area contributed by atoms with E-state index in [2.05, 4.69) is 4.98 Å². The summed E-state index contributed by atoms with van der Waals surface area (Å²) in [6, 6.07) is 7.79. The number of alkyl halides is 3. The number of benzene rings is 1. The normalized spacial score (nSPS) is 16.6. The van der Waals surface area contributed by atoms with Crippen LogP contribution in [0.2, 0.25) is 0 Å². The Bertz CT molecular complexity index is 768. The van der Waals surface area contributed by atoms with Crippen molar-refractivity contribution in [2.24, 2.45) is 0 Å². The first-order valence-corrected chi connectivity index (χ1v) is 7.13. The molecule has 0 atom stereocenters. The molecular formula is C17H16F3NO. The summed E-state index contributed by atoms with van der Waals surface area (Å²) in [6.07, 6.45) is -3.91. The van der Waals surface area contributed by atoms with Crippen LogP contribution >= 0.6 is 0 Å². The molecule has 1 N–H and O–H groups in total. The highest BCUT2D eigenvalue weighted by atomic mass is 19.4. The number of H-pyrrole nitrogens is 1. The number of aromatic amines is 1. The van der Waals surface area contributed by atoms with Gasteiger partial charge in [-0.25, -0.2) is 0 Å². The maximum atomic E-state index is 13.1. The molecule has 0 radical (unpaired) electrons. The van der Waals surface area contributed by atoms with Gasteiger partial charge in [0.05, 0.1) is 5.41 Å². The molecule has 2 aromatic rings. The number of halogens is 3. The molecular weight excluding hydrogens is 291 g/mol. The molecule has 5 heteroatoms. The Balaban J connectivity index is 1.98. The average molecular weight is 307 g/mol. The molecule has 22 heavy (non-hydrogen) atoms. The van der Waals surface area contributed by atoms with Gasteiger partial charge in [-0.3, -0.25) is 4.79 Å². The van der Waals surface area contributed by atoms with Gasteiger partial charge in [0.2, 0.25) is 0 Å². The lowest BCUT2D eigenvalue weighted by molar-refractivity contribution is -0.160. The number of pyridine rings is 1. The third kappa shape index (κ3) is 2.25. The van der Waals surface area contributed by atoms with Crippen molar-refractivity contribution in [3.05, 3.63) is 57.4 Å². The molecule has 1 aromatic heterocycles. The summed E-state index contributed by atoms with van der Waals surface area (Å²) in [5.74, 6) is 0. The van der Waals surface area contributed by atoms with E-state index in [1.165, 1.54) is 18.2 Å². The Labute approximate surface area is 126 Å². The summed E-state index contributed by atoms with van der Waals surface area (Å²) in [5, 5.41) is 0. The van der Waals surface area contributed by atoms with Crippen LogP contribution in [-0.4, -0.2) is 11.2 Å². The van der Waals surface area contributed by atoms with E-state index in [1.54, 1.807) is 26.0 Å². The highest BCUT2D eigenvalue weighted by molar-refractivity contribution is 5.60. The van der Waals surface area contributed by atoms with Gasteiger partial charge in [0.15, 0.2) is 5.43 Å². The highest BCUT2D eigenvalue weighted by Crippen LogP contribution is 2.58. The first-order valence-electron chi connectivity index (χ1n) is 7.13. The van der Waals surface area contributed by atoms with Crippen LogP contribution in [0.1, 0.15) is 29.7 Å². The number of hydrogen-bond donors (Lipinski definition) is 1. The van der Waals surface area contributed by atoms with Crippen molar-refractivity contribution in [3.63, 3.8) is 0 Å². The zero-order valence-corrected chi connectivity index (χ0v) is 12.3. The molecule has 0 saturated heterocycles. The van der Waals surface area contributed by atoms with Gasteiger partial charge in [-0.15, -0.1) is 0 Å². The molecule has 116 valence electrons. The SMILES string of the molecule is Cc1[nH]c(-c2ccc(C3(C(F)(F)F)CC3)cc2)cc(=O)c1C. The van der Waals surface area contributed by atoms with Crippen LogP contribution in [0.5, 0.6) is 0 Å². The predicted molar refractivity (Wildman–Crippen MR) is 78.9 cm³/mol. The zero-order valence-electron chi connectivity index (χ0n) is 12.3. The smallest absolute Gasteiger partial charge is 0.358 e. The van der Waals surface area contributed by atoms with Crippen LogP contribution in [0, 0.1) is 13.8 Å². The summed E-state index contributed by atoms with van der Waals surface area (Å²) < 4.78 is 39.3. The fraction of sp³-hybridized carbons (Fsp3) is 0.353. The fourth-order valence-electron chi connectivity index (χ4n) is 2.74. The van der Waals surface area contributed by atoms with Gasteiger partial charge in [-0.05, 0) is 37.8 Å². The number of rotatable bonds is 2. The molecule has 1 aliphatic rings. The van der Waals surface area contributed by atoms with Gasteiger partial charge in [0.25, 0.3) is 0 Å². The molecule has 0 spiro atoms. The lowest BCUT2D eigenvalue weighted by atomic mass is 9.94. The van der Waals surface area contributed by atoms with Crippen molar-refractivity contribution in [2.45, 2.75) is 38.3 Å². The number of aryl methyl sites for hydroxylation is 1. The molecule has 1 aliphatic carbocycles. The van der Waals surface area contributed by atoms with Crippen molar-refractivity contribution in [1.29, 1.82) is 0 Å². The Kier molecular flexibility index (Phi) is 3.20. The summed E-state index contributed by atoms with van der Waals surface area (Å²) in [4.78, 5) is 14.9. The molecule has 1 fully saturated rings. The maximum absolute atomic E-state index is 13.1. The van der Waals surface area contributed by atoms with Crippen LogP contribution < -0.4 is 5.43 Å². The lowest BCUT2D eigenvalue weighted by Gasteiger charge is -2.19. The molecule has 2 nitrogen and oxygen atoms in total. The zero-order chi connectivity index (χ0) is 16.1. The minimum atomic E-state index is -4.21. The average Bonchev–Trinajstić information content (AvgIpc) is 3.25. The van der Waals surface area contributed by atoms with Crippen molar-refractivity contribution >= 4 is 0 Å². The topological polar surface area (TPSA) is 32.9 Å². The van der Waals surface area contributed by atoms with Gasteiger partial charge in [0.1, 0.15) is 0 Å². The summed E-state index contributed by atoms with van der Waals surface area (Å²) >= 11 is 0. The van der Waals surface area contributed by atoms with E-state index in [0.29, 0.717) is 22.4 Å². The van der Waals surface area contributed by atoms with E-state index in [1.807, 2.05) is 0 Å². The molecule has 0 bridgehead atoms. The van der Waals surface area contributed by atoms with Crippen LogP contribution in [0.3, 0.4) is 0 Å². The Morgan fingerprint density at radius 1 is 1.09 bits per heavy atom. The van der Waals surface area contributed by atoms with Gasteiger partial charge >= 0.3 is 6.18 Å². The molecule has 0 unspecified atom stereocenters. The first kappa shape index (κ1) is 14.9. The first-order chi connectivity index (χ1) is 10.2. The third-order valence-electron chi connectivity index (χ3n) is 4.57. The van der Waals surface area contributed by atoms with E-state index < -0.39 is 11.6 Å². The Morgan fingerprint density at radius 3 is 2.14 bits per heavy atom. The second kappa shape index (κ2) is 4.73. The second-order valence-electron chi connectivity index (χ2n) is 5.95. The molecule has 1 saturated carbocycles. The van der Waals surface area contributed by atoms with Crippen LogP contribution in [0.25, 0.3) is 11.3 Å².